The molecule has 0 saturated carbocycles. The van der Waals surface area contributed by atoms with Gasteiger partial charge in [-0.2, -0.15) is 0 Å². The Morgan fingerprint density at radius 1 is 1.30 bits per heavy atom. The van der Waals surface area contributed by atoms with Gasteiger partial charge < -0.3 is 18.5 Å². The first-order valence-electron chi connectivity index (χ1n) is 5.94. The first-order valence-corrected chi connectivity index (χ1v) is 5.94. The number of rotatable bonds is 2. The number of aromatic nitrogens is 3. The molecule has 0 aromatic carbocycles. The van der Waals surface area contributed by atoms with Crippen LogP contribution in [-0.4, -0.2) is 40.7 Å². The first-order chi connectivity index (χ1) is 9.93. The molecule has 2 aliphatic heterocycles. The van der Waals surface area contributed by atoms with Crippen LogP contribution in [0.5, 0.6) is 0 Å². The molecule has 0 spiro atoms. The molecule has 2 aromatic rings. The SMILES string of the molecule is C1=NOCC1.c1coc(C2=NC(c3conn3)CO2)n1. The lowest BCUT2D eigenvalue weighted by molar-refractivity contribution is 0.174. The minimum Gasteiger partial charge on any atom is -0.471 e. The van der Waals surface area contributed by atoms with Crippen molar-refractivity contribution in [1.82, 2.24) is 15.4 Å². The van der Waals surface area contributed by atoms with Gasteiger partial charge in [0.2, 0.25) is 0 Å². The Labute approximate surface area is 113 Å². The van der Waals surface area contributed by atoms with Gasteiger partial charge in [0.05, 0.1) is 6.20 Å². The molecule has 0 aliphatic carbocycles. The van der Waals surface area contributed by atoms with Crippen molar-refractivity contribution in [1.29, 1.82) is 0 Å². The van der Waals surface area contributed by atoms with Crippen molar-refractivity contribution >= 4 is 12.1 Å². The van der Waals surface area contributed by atoms with Crippen LogP contribution >= 0.6 is 0 Å². The second-order valence-corrected chi connectivity index (χ2v) is 3.84. The Balaban J connectivity index is 0.000000205. The normalized spacial score (nSPS) is 19.8. The van der Waals surface area contributed by atoms with Crippen molar-refractivity contribution < 1.29 is 18.5 Å². The number of nitrogens with zero attached hydrogens (tertiary/aromatic N) is 5. The molecule has 9 heteroatoms. The zero-order valence-corrected chi connectivity index (χ0v) is 10.4. The van der Waals surface area contributed by atoms with E-state index in [1.165, 1.54) is 18.7 Å². The maximum atomic E-state index is 5.32. The molecule has 4 heterocycles. The molecule has 2 aliphatic rings. The van der Waals surface area contributed by atoms with Crippen LogP contribution in [0.3, 0.4) is 0 Å². The van der Waals surface area contributed by atoms with Crippen molar-refractivity contribution in [3.63, 3.8) is 0 Å². The van der Waals surface area contributed by atoms with Gasteiger partial charge in [-0.1, -0.05) is 5.16 Å². The average molecular weight is 277 g/mol. The molecule has 4 rings (SSSR count). The number of aliphatic imine (C=N–C) groups is 1. The van der Waals surface area contributed by atoms with E-state index in [9.17, 15) is 0 Å². The highest BCUT2D eigenvalue weighted by molar-refractivity contribution is 5.90. The largest absolute Gasteiger partial charge is 0.471 e. The van der Waals surface area contributed by atoms with E-state index in [-0.39, 0.29) is 6.04 Å². The minimum absolute atomic E-state index is 0.196. The van der Waals surface area contributed by atoms with Crippen molar-refractivity contribution in [2.24, 2.45) is 10.1 Å². The third-order valence-electron chi connectivity index (χ3n) is 2.47. The van der Waals surface area contributed by atoms with E-state index in [0.717, 1.165) is 13.0 Å². The lowest BCUT2D eigenvalue weighted by atomic mass is 10.3. The predicted octanol–water partition coefficient (Wildman–Crippen LogP) is 0.968. The summed E-state index contributed by atoms with van der Waals surface area (Å²) in [5, 5.41) is 10.6. The smallest absolute Gasteiger partial charge is 0.282 e. The highest BCUT2D eigenvalue weighted by Gasteiger charge is 2.26. The fourth-order valence-corrected chi connectivity index (χ4v) is 1.55. The van der Waals surface area contributed by atoms with E-state index < -0.39 is 0 Å². The van der Waals surface area contributed by atoms with E-state index in [2.05, 4.69) is 34.9 Å². The fraction of sp³-hybridized carbons (Fsp3) is 0.364. The van der Waals surface area contributed by atoms with Gasteiger partial charge in [0.25, 0.3) is 11.8 Å². The summed E-state index contributed by atoms with van der Waals surface area (Å²) in [7, 11) is 0. The Bertz CT molecular complexity index is 572. The quantitative estimate of drug-likeness (QED) is 0.804. The molecular weight excluding hydrogens is 266 g/mol. The van der Waals surface area contributed by atoms with Crippen molar-refractivity contribution in [2.75, 3.05) is 13.2 Å². The van der Waals surface area contributed by atoms with Crippen molar-refractivity contribution in [3.05, 3.63) is 30.3 Å². The Morgan fingerprint density at radius 2 is 2.30 bits per heavy atom. The molecule has 2 aromatic heterocycles. The van der Waals surface area contributed by atoms with Crippen LogP contribution < -0.4 is 0 Å². The molecule has 0 amide bonds. The van der Waals surface area contributed by atoms with Gasteiger partial charge in [-0.25, -0.2) is 9.98 Å². The van der Waals surface area contributed by atoms with Crippen LogP contribution in [0.15, 0.2) is 37.8 Å². The summed E-state index contributed by atoms with van der Waals surface area (Å²) in [5.74, 6) is 0.752. The molecule has 104 valence electrons. The molecule has 0 saturated heterocycles. The van der Waals surface area contributed by atoms with E-state index in [1.807, 2.05) is 0 Å². The van der Waals surface area contributed by atoms with Crippen LogP contribution in [0, 0.1) is 0 Å². The Morgan fingerprint density at radius 3 is 2.90 bits per heavy atom. The molecule has 0 N–H and O–H groups in total. The van der Waals surface area contributed by atoms with Crippen LogP contribution in [0.2, 0.25) is 0 Å². The van der Waals surface area contributed by atoms with Gasteiger partial charge in [0, 0.05) is 17.9 Å². The molecule has 1 atom stereocenters. The standard InChI is InChI=1S/C8H6N4O3.C3H5NO/c1-2-13-7(9-1)8-10-5(3-14-8)6-4-15-12-11-6;1-2-4-5-3-1/h1-2,4-5H,3H2;2H,1,3H2. The van der Waals surface area contributed by atoms with E-state index in [4.69, 9.17) is 9.15 Å². The Kier molecular flexibility index (Phi) is 3.67. The zero-order chi connectivity index (χ0) is 13.6. The molecule has 1 unspecified atom stereocenters. The lowest BCUT2D eigenvalue weighted by Crippen LogP contribution is -2.01. The predicted molar refractivity (Wildman–Crippen MR) is 65.1 cm³/mol. The third kappa shape index (κ3) is 2.82. The molecule has 20 heavy (non-hydrogen) atoms. The summed E-state index contributed by atoms with van der Waals surface area (Å²) in [6.45, 7) is 1.17. The van der Waals surface area contributed by atoms with E-state index >= 15 is 0 Å². The maximum Gasteiger partial charge on any atom is 0.282 e. The monoisotopic (exact) mass is 277 g/mol. The lowest BCUT2D eigenvalue weighted by Gasteiger charge is -1.95. The number of oxime groups is 1. The topological polar surface area (TPSA) is 108 Å². The molecular formula is C11H11N5O4. The van der Waals surface area contributed by atoms with Gasteiger partial charge in [-0.3, -0.25) is 0 Å². The average Bonchev–Trinajstić information content (AvgIpc) is 3.29. The maximum absolute atomic E-state index is 5.32. The van der Waals surface area contributed by atoms with Crippen LogP contribution in [0.4, 0.5) is 0 Å². The summed E-state index contributed by atoms with van der Waals surface area (Å²) in [5.41, 5.74) is 0.636. The number of oxazole rings is 1. The minimum atomic E-state index is -0.196. The number of hydrogen-bond donors (Lipinski definition) is 0. The zero-order valence-electron chi connectivity index (χ0n) is 10.4. The third-order valence-corrected chi connectivity index (χ3v) is 2.47. The number of hydrogen-bond acceptors (Lipinski definition) is 9. The van der Waals surface area contributed by atoms with Gasteiger partial charge in [0.15, 0.2) is 0 Å². The second kappa shape index (κ2) is 5.95. The van der Waals surface area contributed by atoms with Gasteiger partial charge in [-0.15, -0.1) is 5.10 Å². The molecule has 9 nitrogen and oxygen atoms in total. The second-order valence-electron chi connectivity index (χ2n) is 3.84. The molecule has 0 radical (unpaired) electrons. The number of ether oxygens (including phenoxy) is 1. The van der Waals surface area contributed by atoms with E-state index in [0.29, 0.717) is 24.1 Å². The Hall–Kier alpha value is -2.71. The van der Waals surface area contributed by atoms with Crippen molar-refractivity contribution in [2.45, 2.75) is 12.5 Å². The van der Waals surface area contributed by atoms with Crippen LogP contribution in [0.1, 0.15) is 24.0 Å². The molecule has 0 bridgehead atoms. The highest BCUT2D eigenvalue weighted by atomic mass is 16.6. The van der Waals surface area contributed by atoms with Gasteiger partial charge in [0.1, 0.15) is 37.5 Å². The summed E-state index contributed by atoms with van der Waals surface area (Å²) >= 11 is 0. The fourth-order valence-electron chi connectivity index (χ4n) is 1.55. The first kappa shape index (κ1) is 12.3. The van der Waals surface area contributed by atoms with Crippen LogP contribution in [0.25, 0.3) is 0 Å². The summed E-state index contributed by atoms with van der Waals surface area (Å²) in [4.78, 5) is 12.7. The molecule has 0 fully saturated rings. The summed E-state index contributed by atoms with van der Waals surface area (Å²) < 4.78 is 15.0. The highest BCUT2D eigenvalue weighted by Crippen LogP contribution is 2.22. The van der Waals surface area contributed by atoms with Crippen LogP contribution in [-0.2, 0) is 9.57 Å². The van der Waals surface area contributed by atoms with Crippen molar-refractivity contribution in [3.8, 4) is 0 Å². The van der Waals surface area contributed by atoms with Gasteiger partial charge >= 0.3 is 0 Å². The van der Waals surface area contributed by atoms with E-state index in [1.54, 1.807) is 6.21 Å². The summed E-state index contributed by atoms with van der Waals surface area (Å²) in [6, 6.07) is -0.196. The van der Waals surface area contributed by atoms with Gasteiger partial charge in [-0.05, 0) is 0 Å². The summed E-state index contributed by atoms with van der Waals surface area (Å²) in [6.07, 6.45) is 7.19.